The maximum Gasteiger partial charge on any atom is 0.0603 e. The molecule has 0 saturated carbocycles. The number of hydrogen-bond donors (Lipinski definition) is 1. The maximum atomic E-state index is 6.40. The number of rotatable bonds is 3. The average molecular weight is 329 g/mol. The van der Waals surface area contributed by atoms with Crippen molar-refractivity contribution in [1.29, 1.82) is 0 Å². The molecule has 1 atom stereocenters. The highest BCUT2D eigenvalue weighted by Crippen LogP contribution is 2.34. The van der Waals surface area contributed by atoms with Crippen LogP contribution in [0.15, 0.2) is 30.3 Å². The summed E-state index contributed by atoms with van der Waals surface area (Å²) in [7, 11) is 1.89. The Labute approximate surface area is 134 Å². The summed E-state index contributed by atoms with van der Waals surface area (Å²) in [4.78, 5) is 0. The lowest BCUT2D eigenvalue weighted by molar-refractivity contribution is 0.691. The Kier molecular flexibility index (Phi) is 4.98. The average Bonchev–Trinajstić information content (AvgIpc) is 2.38. The van der Waals surface area contributed by atoms with Gasteiger partial charge in [0.1, 0.15) is 0 Å². The van der Waals surface area contributed by atoms with Gasteiger partial charge in [-0.2, -0.15) is 0 Å². The molecule has 1 nitrogen and oxygen atoms in total. The second-order valence-corrected chi connectivity index (χ2v) is 6.10. The van der Waals surface area contributed by atoms with Gasteiger partial charge in [-0.15, -0.1) is 0 Å². The lowest BCUT2D eigenvalue weighted by Crippen LogP contribution is -2.18. The Morgan fingerprint density at radius 1 is 0.850 bits per heavy atom. The van der Waals surface area contributed by atoms with Crippen LogP contribution in [0.5, 0.6) is 0 Å². The smallest absolute Gasteiger partial charge is 0.0603 e. The van der Waals surface area contributed by atoms with E-state index in [1.807, 2.05) is 25.2 Å². The van der Waals surface area contributed by atoms with Gasteiger partial charge in [0.05, 0.1) is 6.04 Å². The van der Waals surface area contributed by atoms with Crippen molar-refractivity contribution in [3.63, 3.8) is 0 Å². The molecule has 0 bridgehead atoms. The van der Waals surface area contributed by atoms with E-state index in [1.165, 1.54) is 11.1 Å². The van der Waals surface area contributed by atoms with Gasteiger partial charge < -0.3 is 5.32 Å². The molecule has 0 aromatic heterocycles. The Hall–Kier alpha value is -0.730. The number of nitrogens with one attached hydrogen (secondary N) is 1. The van der Waals surface area contributed by atoms with Crippen LogP contribution in [-0.4, -0.2) is 7.05 Å². The Morgan fingerprint density at radius 2 is 1.45 bits per heavy atom. The normalized spacial score (nSPS) is 12.5. The van der Waals surface area contributed by atoms with E-state index in [-0.39, 0.29) is 6.04 Å². The lowest BCUT2D eigenvalue weighted by Gasteiger charge is -2.21. The van der Waals surface area contributed by atoms with E-state index in [1.54, 1.807) is 6.07 Å². The summed E-state index contributed by atoms with van der Waals surface area (Å²) in [6, 6.07) is 9.54. The summed E-state index contributed by atoms with van der Waals surface area (Å²) < 4.78 is 0. The lowest BCUT2D eigenvalue weighted by atomic mass is 9.95. The SMILES string of the molecule is CNC(c1ccc(Cl)cc1Cl)c1cc(C)c(C)cc1Cl. The van der Waals surface area contributed by atoms with Crippen molar-refractivity contribution in [3.05, 3.63) is 67.7 Å². The molecule has 0 radical (unpaired) electrons. The Balaban J connectivity index is 2.55. The number of aryl methyl sites for hydroxylation is 2. The van der Waals surface area contributed by atoms with E-state index in [0.29, 0.717) is 10.0 Å². The summed E-state index contributed by atoms with van der Waals surface area (Å²) in [6.45, 7) is 4.12. The van der Waals surface area contributed by atoms with Gasteiger partial charge in [-0.25, -0.2) is 0 Å². The van der Waals surface area contributed by atoms with E-state index >= 15 is 0 Å². The first kappa shape index (κ1) is 15.7. The van der Waals surface area contributed by atoms with E-state index in [9.17, 15) is 0 Å². The van der Waals surface area contributed by atoms with Crippen LogP contribution in [0, 0.1) is 13.8 Å². The molecule has 2 aromatic carbocycles. The molecule has 0 heterocycles. The van der Waals surface area contributed by atoms with Gasteiger partial charge in [0.25, 0.3) is 0 Å². The summed E-state index contributed by atoms with van der Waals surface area (Å²) in [5.41, 5.74) is 4.36. The van der Waals surface area contributed by atoms with Crippen LogP contribution < -0.4 is 5.32 Å². The molecule has 0 aliphatic heterocycles. The molecule has 2 aromatic rings. The van der Waals surface area contributed by atoms with Crippen molar-refractivity contribution in [2.75, 3.05) is 7.05 Å². The quantitative estimate of drug-likeness (QED) is 0.776. The molecule has 4 heteroatoms. The largest absolute Gasteiger partial charge is 0.309 e. The molecule has 0 aliphatic carbocycles. The molecule has 0 amide bonds. The zero-order valence-electron chi connectivity index (χ0n) is 11.6. The van der Waals surface area contributed by atoms with E-state index in [4.69, 9.17) is 34.8 Å². The fourth-order valence-corrected chi connectivity index (χ4v) is 3.08. The minimum Gasteiger partial charge on any atom is -0.309 e. The first-order valence-electron chi connectivity index (χ1n) is 6.33. The summed E-state index contributed by atoms with van der Waals surface area (Å²) in [6.07, 6.45) is 0. The van der Waals surface area contributed by atoms with Crippen molar-refractivity contribution >= 4 is 34.8 Å². The monoisotopic (exact) mass is 327 g/mol. The molecule has 0 spiro atoms. The standard InChI is InChI=1S/C16H16Cl3N/c1-9-6-13(14(18)7-10(9)2)16(20-3)12-5-4-11(17)8-15(12)19/h4-8,16,20H,1-3H3. The zero-order valence-corrected chi connectivity index (χ0v) is 13.9. The first-order chi connectivity index (χ1) is 9.43. The van der Waals surface area contributed by atoms with Crippen LogP contribution in [0.25, 0.3) is 0 Å². The van der Waals surface area contributed by atoms with Crippen LogP contribution in [0.1, 0.15) is 28.3 Å². The predicted molar refractivity (Wildman–Crippen MR) is 88.3 cm³/mol. The highest BCUT2D eigenvalue weighted by molar-refractivity contribution is 6.35. The molecule has 0 aliphatic rings. The third-order valence-corrected chi connectivity index (χ3v) is 4.38. The van der Waals surface area contributed by atoms with Crippen molar-refractivity contribution < 1.29 is 0 Å². The molecule has 0 fully saturated rings. The molecule has 2 rings (SSSR count). The van der Waals surface area contributed by atoms with Crippen molar-refractivity contribution in [1.82, 2.24) is 5.32 Å². The molecule has 0 saturated heterocycles. The summed E-state index contributed by atoms with van der Waals surface area (Å²) >= 11 is 18.7. The number of halogens is 3. The molecule has 106 valence electrons. The van der Waals surface area contributed by atoms with Crippen molar-refractivity contribution in [2.24, 2.45) is 0 Å². The van der Waals surface area contributed by atoms with Crippen molar-refractivity contribution in [3.8, 4) is 0 Å². The Morgan fingerprint density at radius 3 is 2.05 bits per heavy atom. The second-order valence-electron chi connectivity index (χ2n) is 4.85. The third-order valence-electron chi connectivity index (χ3n) is 3.49. The van der Waals surface area contributed by atoms with E-state index < -0.39 is 0 Å². The number of benzene rings is 2. The summed E-state index contributed by atoms with van der Waals surface area (Å²) in [5, 5.41) is 5.26. The third kappa shape index (κ3) is 3.12. The van der Waals surface area contributed by atoms with Gasteiger partial charge in [0.2, 0.25) is 0 Å². The highest BCUT2D eigenvalue weighted by atomic mass is 35.5. The first-order valence-corrected chi connectivity index (χ1v) is 7.46. The van der Waals surface area contributed by atoms with Gasteiger partial charge in [-0.1, -0.05) is 46.9 Å². The van der Waals surface area contributed by atoms with Gasteiger partial charge in [-0.05, 0) is 61.3 Å². The Bertz CT molecular complexity index is 638. The van der Waals surface area contributed by atoms with Gasteiger partial charge >= 0.3 is 0 Å². The van der Waals surface area contributed by atoms with Crippen LogP contribution in [-0.2, 0) is 0 Å². The minimum absolute atomic E-state index is 0.0634. The molecule has 1 N–H and O–H groups in total. The van der Waals surface area contributed by atoms with Crippen LogP contribution in [0.3, 0.4) is 0 Å². The zero-order chi connectivity index (χ0) is 14.9. The fraction of sp³-hybridized carbons (Fsp3) is 0.250. The summed E-state index contributed by atoms with van der Waals surface area (Å²) in [5.74, 6) is 0. The fourth-order valence-electron chi connectivity index (χ4n) is 2.24. The van der Waals surface area contributed by atoms with E-state index in [2.05, 4.69) is 25.2 Å². The van der Waals surface area contributed by atoms with Crippen LogP contribution in [0.4, 0.5) is 0 Å². The highest BCUT2D eigenvalue weighted by Gasteiger charge is 2.19. The number of hydrogen-bond acceptors (Lipinski definition) is 1. The topological polar surface area (TPSA) is 12.0 Å². The predicted octanol–water partition coefficient (Wildman–Crippen LogP) is 5.57. The molecular weight excluding hydrogens is 313 g/mol. The van der Waals surface area contributed by atoms with Gasteiger partial charge in [-0.3, -0.25) is 0 Å². The second kappa shape index (κ2) is 6.36. The van der Waals surface area contributed by atoms with E-state index in [0.717, 1.165) is 16.1 Å². The van der Waals surface area contributed by atoms with Gasteiger partial charge in [0.15, 0.2) is 0 Å². The molecule has 20 heavy (non-hydrogen) atoms. The van der Waals surface area contributed by atoms with Crippen LogP contribution >= 0.6 is 34.8 Å². The molecule has 1 unspecified atom stereocenters. The van der Waals surface area contributed by atoms with Gasteiger partial charge in [0, 0.05) is 15.1 Å². The van der Waals surface area contributed by atoms with Crippen LogP contribution in [0.2, 0.25) is 15.1 Å². The molecular formula is C16H16Cl3N. The maximum absolute atomic E-state index is 6.40. The van der Waals surface area contributed by atoms with Crippen molar-refractivity contribution in [2.45, 2.75) is 19.9 Å². The minimum atomic E-state index is -0.0634.